The highest BCUT2D eigenvalue weighted by molar-refractivity contribution is 6.31. The Balaban J connectivity index is 2.61. The molecule has 0 bridgehead atoms. The number of ether oxygens (including phenoxy) is 1. The number of hydrogen-bond acceptors (Lipinski definition) is 3. The first-order chi connectivity index (χ1) is 8.02. The van der Waals surface area contributed by atoms with Crippen molar-refractivity contribution < 1.29 is 9.13 Å². The third kappa shape index (κ3) is 2.06. The van der Waals surface area contributed by atoms with E-state index in [4.69, 9.17) is 22.1 Å². The van der Waals surface area contributed by atoms with E-state index in [2.05, 4.69) is 5.10 Å². The molecule has 2 rings (SSSR count). The fraction of sp³-hybridized carbons (Fsp3) is 0.182. The number of halogens is 2. The van der Waals surface area contributed by atoms with Gasteiger partial charge in [0, 0.05) is 24.7 Å². The van der Waals surface area contributed by atoms with Gasteiger partial charge >= 0.3 is 0 Å². The summed E-state index contributed by atoms with van der Waals surface area (Å²) in [6, 6.07) is 4.52. The zero-order chi connectivity index (χ0) is 12.6. The lowest BCUT2D eigenvalue weighted by Gasteiger charge is -2.05. The zero-order valence-corrected chi connectivity index (χ0v) is 10.1. The summed E-state index contributed by atoms with van der Waals surface area (Å²) in [5.74, 6) is 0.375. The van der Waals surface area contributed by atoms with Crippen LogP contribution < -0.4 is 10.5 Å². The summed E-state index contributed by atoms with van der Waals surface area (Å²) in [5, 5.41) is 4.08. The van der Waals surface area contributed by atoms with Crippen LogP contribution in [0, 0.1) is 5.82 Å². The number of aromatic nitrogens is 2. The largest absolute Gasteiger partial charge is 0.497 e. The lowest BCUT2D eigenvalue weighted by Crippen LogP contribution is -1.97. The number of nitrogens with two attached hydrogens (primary N) is 1. The number of anilines is 1. The van der Waals surface area contributed by atoms with Crippen LogP contribution in [-0.4, -0.2) is 16.9 Å². The van der Waals surface area contributed by atoms with E-state index in [0.717, 1.165) is 0 Å². The monoisotopic (exact) mass is 255 g/mol. The van der Waals surface area contributed by atoms with E-state index in [-0.39, 0.29) is 10.6 Å². The van der Waals surface area contributed by atoms with Gasteiger partial charge in [-0.2, -0.15) is 5.10 Å². The molecular weight excluding hydrogens is 245 g/mol. The molecule has 17 heavy (non-hydrogen) atoms. The van der Waals surface area contributed by atoms with Crippen molar-refractivity contribution in [2.24, 2.45) is 7.05 Å². The number of aryl methyl sites for hydroxylation is 1. The molecule has 0 saturated carbocycles. The van der Waals surface area contributed by atoms with Gasteiger partial charge in [0.05, 0.1) is 17.8 Å². The van der Waals surface area contributed by atoms with Crippen LogP contribution in [-0.2, 0) is 7.05 Å². The maximum atomic E-state index is 13.9. The van der Waals surface area contributed by atoms with E-state index in [0.29, 0.717) is 17.3 Å². The fourth-order valence-electron chi connectivity index (χ4n) is 1.48. The summed E-state index contributed by atoms with van der Waals surface area (Å²) >= 11 is 5.77. The second-order valence-electron chi connectivity index (χ2n) is 3.55. The van der Waals surface area contributed by atoms with E-state index < -0.39 is 5.82 Å². The molecule has 0 unspecified atom stereocenters. The van der Waals surface area contributed by atoms with Crippen molar-refractivity contribution >= 4 is 17.4 Å². The molecule has 0 aliphatic carbocycles. The van der Waals surface area contributed by atoms with Crippen molar-refractivity contribution in [2.45, 2.75) is 0 Å². The smallest absolute Gasteiger partial charge is 0.151 e. The van der Waals surface area contributed by atoms with Gasteiger partial charge < -0.3 is 10.5 Å². The lowest BCUT2D eigenvalue weighted by molar-refractivity contribution is 0.414. The van der Waals surface area contributed by atoms with Crippen molar-refractivity contribution in [3.8, 4) is 17.0 Å². The molecule has 1 aromatic carbocycles. The Morgan fingerprint density at radius 2 is 2.12 bits per heavy atom. The first-order valence-electron chi connectivity index (χ1n) is 4.86. The highest BCUT2D eigenvalue weighted by Crippen LogP contribution is 2.32. The first kappa shape index (κ1) is 11.7. The minimum absolute atomic E-state index is 0.0106. The Labute approximate surface area is 103 Å². The average molecular weight is 256 g/mol. The van der Waals surface area contributed by atoms with Crippen LogP contribution in [0.2, 0.25) is 5.02 Å². The van der Waals surface area contributed by atoms with Crippen LogP contribution in [0.25, 0.3) is 11.3 Å². The third-order valence-electron chi connectivity index (χ3n) is 2.43. The molecule has 0 aliphatic heterocycles. The van der Waals surface area contributed by atoms with Gasteiger partial charge in [0.25, 0.3) is 0 Å². The van der Waals surface area contributed by atoms with Crippen LogP contribution >= 0.6 is 11.6 Å². The summed E-state index contributed by atoms with van der Waals surface area (Å²) in [6.45, 7) is 0. The molecule has 0 spiro atoms. The Morgan fingerprint density at radius 3 is 2.65 bits per heavy atom. The van der Waals surface area contributed by atoms with Crippen molar-refractivity contribution in [3.05, 3.63) is 29.0 Å². The maximum absolute atomic E-state index is 13.9. The predicted octanol–water partition coefficient (Wildman–Crippen LogP) is 2.47. The Bertz CT molecular complexity index is 549. The topological polar surface area (TPSA) is 53.1 Å². The lowest BCUT2D eigenvalue weighted by atomic mass is 10.1. The number of benzene rings is 1. The van der Waals surface area contributed by atoms with Crippen molar-refractivity contribution in [1.82, 2.24) is 9.78 Å². The van der Waals surface area contributed by atoms with Gasteiger partial charge in [0.1, 0.15) is 11.6 Å². The second-order valence-corrected chi connectivity index (χ2v) is 3.96. The van der Waals surface area contributed by atoms with Gasteiger partial charge in [-0.1, -0.05) is 11.6 Å². The molecule has 2 aromatic rings. The molecule has 4 nitrogen and oxygen atoms in total. The number of hydrogen-bond donors (Lipinski definition) is 1. The van der Waals surface area contributed by atoms with Gasteiger partial charge in [0.2, 0.25) is 0 Å². The SMILES string of the molecule is COc1cc(Cl)c(F)c(-c2cc(N)n(C)n2)c1. The summed E-state index contributed by atoms with van der Waals surface area (Å²) in [5.41, 5.74) is 6.34. The van der Waals surface area contributed by atoms with Crippen LogP contribution in [0.5, 0.6) is 5.75 Å². The summed E-state index contributed by atoms with van der Waals surface area (Å²) < 4.78 is 20.4. The molecule has 0 saturated heterocycles. The van der Waals surface area contributed by atoms with Crippen molar-refractivity contribution in [2.75, 3.05) is 12.8 Å². The summed E-state index contributed by atoms with van der Waals surface area (Å²) in [6.07, 6.45) is 0. The molecule has 0 aliphatic rings. The molecule has 0 fully saturated rings. The highest BCUT2D eigenvalue weighted by Gasteiger charge is 2.15. The van der Waals surface area contributed by atoms with Gasteiger partial charge in [-0.25, -0.2) is 4.39 Å². The van der Waals surface area contributed by atoms with E-state index in [9.17, 15) is 4.39 Å². The van der Waals surface area contributed by atoms with Gasteiger partial charge in [-0.15, -0.1) is 0 Å². The highest BCUT2D eigenvalue weighted by atomic mass is 35.5. The third-order valence-corrected chi connectivity index (χ3v) is 2.70. The van der Waals surface area contributed by atoms with Gasteiger partial charge in [-0.05, 0) is 6.07 Å². The molecule has 0 atom stereocenters. The second kappa shape index (κ2) is 4.25. The number of methoxy groups -OCH3 is 1. The van der Waals surface area contributed by atoms with Crippen molar-refractivity contribution in [3.63, 3.8) is 0 Å². The molecular formula is C11H11ClFN3O. The quantitative estimate of drug-likeness (QED) is 0.897. The Hall–Kier alpha value is -1.75. The van der Waals surface area contributed by atoms with Crippen LogP contribution in [0.1, 0.15) is 0 Å². The maximum Gasteiger partial charge on any atom is 0.151 e. The minimum atomic E-state index is -0.537. The summed E-state index contributed by atoms with van der Waals surface area (Å²) in [4.78, 5) is 0. The number of nitrogens with zero attached hydrogens (tertiary/aromatic N) is 2. The van der Waals surface area contributed by atoms with Crippen LogP contribution in [0.15, 0.2) is 18.2 Å². The molecule has 0 amide bonds. The normalized spacial score (nSPS) is 10.6. The molecule has 1 heterocycles. The Kier molecular flexibility index (Phi) is 2.93. The van der Waals surface area contributed by atoms with Crippen molar-refractivity contribution in [1.29, 1.82) is 0 Å². The Morgan fingerprint density at radius 1 is 1.41 bits per heavy atom. The van der Waals surface area contributed by atoms with Gasteiger partial charge in [-0.3, -0.25) is 4.68 Å². The molecule has 0 radical (unpaired) electrons. The van der Waals surface area contributed by atoms with E-state index in [1.807, 2.05) is 0 Å². The predicted molar refractivity (Wildman–Crippen MR) is 64.6 cm³/mol. The van der Waals surface area contributed by atoms with Crippen LogP contribution in [0.3, 0.4) is 0 Å². The van der Waals surface area contributed by atoms with E-state index in [1.54, 1.807) is 13.1 Å². The van der Waals surface area contributed by atoms with Gasteiger partial charge in [0.15, 0.2) is 5.82 Å². The number of nitrogen functional groups attached to an aromatic ring is 1. The molecule has 1 aromatic heterocycles. The number of rotatable bonds is 2. The molecule has 90 valence electrons. The zero-order valence-electron chi connectivity index (χ0n) is 9.37. The minimum Gasteiger partial charge on any atom is -0.497 e. The van der Waals surface area contributed by atoms with E-state index in [1.165, 1.54) is 23.9 Å². The molecule has 6 heteroatoms. The summed E-state index contributed by atoms with van der Waals surface area (Å²) in [7, 11) is 3.17. The van der Waals surface area contributed by atoms with Crippen LogP contribution in [0.4, 0.5) is 10.2 Å². The van der Waals surface area contributed by atoms with E-state index >= 15 is 0 Å². The standard InChI is InChI=1S/C11H11ClFN3O/c1-16-10(14)5-9(15-16)7-3-6(17-2)4-8(12)11(7)13/h3-5H,14H2,1-2H3. The molecule has 2 N–H and O–H groups in total. The fourth-order valence-corrected chi connectivity index (χ4v) is 1.69. The first-order valence-corrected chi connectivity index (χ1v) is 5.23. The average Bonchev–Trinajstić information content (AvgIpc) is 2.62.